The molecule has 18 heavy (non-hydrogen) atoms. The zero-order chi connectivity index (χ0) is 13.1. The molecule has 3 heteroatoms. The minimum atomic E-state index is 0.0421. The van der Waals surface area contributed by atoms with Gasteiger partial charge in [0.2, 0.25) is 5.91 Å². The Labute approximate surface area is 109 Å². The Hall–Kier alpha value is -1.35. The van der Waals surface area contributed by atoms with E-state index in [0.29, 0.717) is 36.8 Å². The lowest BCUT2D eigenvalue weighted by molar-refractivity contribution is -0.117. The molecule has 98 valence electrons. The predicted molar refractivity (Wildman–Crippen MR) is 73.7 cm³/mol. The van der Waals surface area contributed by atoms with Gasteiger partial charge in [0.1, 0.15) is 0 Å². The standard InChI is InChI=1S/C15H22N2O/c1-3-10-7-11(4-2)14-9-12(8-13(10)14)15(18)17-6-5-16/h3-4,8,10-11,13-14H,1-2,5-7,9,16H2,(H,17,18). The van der Waals surface area contributed by atoms with E-state index in [-0.39, 0.29) is 5.91 Å². The first kappa shape index (κ1) is 13.1. The molecule has 0 radical (unpaired) electrons. The van der Waals surface area contributed by atoms with Crippen LogP contribution in [0, 0.1) is 23.7 Å². The van der Waals surface area contributed by atoms with Crippen LogP contribution in [-0.2, 0) is 4.79 Å². The summed E-state index contributed by atoms with van der Waals surface area (Å²) in [7, 11) is 0. The summed E-state index contributed by atoms with van der Waals surface area (Å²) in [5.41, 5.74) is 6.31. The topological polar surface area (TPSA) is 55.1 Å². The lowest BCUT2D eigenvalue weighted by Crippen LogP contribution is -2.30. The summed E-state index contributed by atoms with van der Waals surface area (Å²) in [5, 5.41) is 2.85. The van der Waals surface area contributed by atoms with Gasteiger partial charge < -0.3 is 11.1 Å². The molecule has 0 bridgehead atoms. The highest BCUT2D eigenvalue weighted by atomic mass is 16.1. The van der Waals surface area contributed by atoms with E-state index in [1.54, 1.807) is 0 Å². The van der Waals surface area contributed by atoms with Crippen LogP contribution >= 0.6 is 0 Å². The molecule has 0 heterocycles. The van der Waals surface area contributed by atoms with Crippen LogP contribution in [0.3, 0.4) is 0 Å². The average molecular weight is 246 g/mol. The second-order valence-electron chi connectivity index (χ2n) is 5.22. The molecule has 0 aliphatic heterocycles. The van der Waals surface area contributed by atoms with Gasteiger partial charge in [-0.1, -0.05) is 18.2 Å². The van der Waals surface area contributed by atoms with Gasteiger partial charge in [-0.25, -0.2) is 0 Å². The maximum Gasteiger partial charge on any atom is 0.246 e. The van der Waals surface area contributed by atoms with Crippen LogP contribution in [0.15, 0.2) is 37.0 Å². The fourth-order valence-corrected chi connectivity index (χ4v) is 3.33. The molecule has 0 aromatic heterocycles. The van der Waals surface area contributed by atoms with Crippen molar-refractivity contribution in [3.8, 4) is 0 Å². The van der Waals surface area contributed by atoms with Crippen molar-refractivity contribution in [2.24, 2.45) is 29.4 Å². The summed E-state index contributed by atoms with van der Waals surface area (Å²) in [6, 6.07) is 0. The summed E-state index contributed by atoms with van der Waals surface area (Å²) in [5.74, 6) is 2.03. The Morgan fingerprint density at radius 3 is 2.78 bits per heavy atom. The van der Waals surface area contributed by atoms with Gasteiger partial charge in [0, 0.05) is 18.7 Å². The van der Waals surface area contributed by atoms with Gasteiger partial charge in [-0.15, -0.1) is 13.2 Å². The van der Waals surface area contributed by atoms with Crippen LogP contribution in [-0.4, -0.2) is 19.0 Å². The van der Waals surface area contributed by atoms with Gasteiger partial charge in [-0.2, -0.15) is 0 Å². The normalized spacial score (nSPS) is 33.7. The van der Waals surface area contributed by atoms with E-state index in [1.807, 2.05) is 12.2 Å². The lowest BCUT2D eigenvalue weighted by atomic mass is 9.89. The minimum Gasteiger partial charge on any atom is -0.351 e. The monoisotopic (exact) mass is 246 g/mol. The van der Waals surface area contributed by atoms with Gasteiger partial charge in [-0.3, -0.25) is 4.79 Å². The zero-order valence-corrected chi connectivity index (χ0v) is 10.8. The Kier molecular flexibility index (Phi) is 4.02. The van der Waals surface area contributed by atoms with Crippen molar-refractivity contribution in [3.63, 3.8) is 0 Å². The van der Waals surface area contributed by atoms with E-state index in [4.69, 9.17) is 5.73 Å². The fraction of sp³-hybridized carbons (Fsp3) is 0.533. The lowest BCUT2D eigenvalue weighted by Gasteiger charge is -2.15. The van der Waals surface area contributed by atoms with E-state index in [1.165, 1.54) is 0 Å². The molecule has 0 spiro atoms. The third-order valence-corrected chi connectivity index (χ3v) is 4.26. The van der Waals surface area contributed by atoms with Crippen LogP contribution < -0.4 is 11.1 Å². The van der Waals surface area contributed by atoms with Crippen molar-refractivity contribution in [3.05, 3.63) is 37.0 Å². The third kappa shape index (κ3) is 2.27. The minimum absolute atomic E-state index is 0.0421. The number of nitrogens with one attached hydrogen (secondary N) is 1. The van der Waals surface area contributed by atoms with Gasteiger partial charge in [0.15, 0.2) is 0 Å². The van der Waals surface area contributed by atoms with Crippen LogP contribution in [0.1, 0.15) is 12.8 Å². The molecule has 1 amide bonds. The number of allylic oxidation sites excluding steroid dienone is 3. The van der Waals surface area contributed by atoms with Crippen molar-refractivity contribution in [1.82, 2.24) is 5.32 Å². The fourth-order valence-electron chi connectivity index (χ4n) is 3.33. The Morgan fingerprint density at radius 1 is 1.44 bits per heavy atom. The molecule has 3 N–H and O–H groups in total. The van der Waals surface area contributed by atoms with Crippen LogP contribution in [0.4, 0.5) is 0 Å². The molecule has 2 rings (SSSR count). The number of hydrogen-bond donors (Lipinski definition) is 2. The van der Waals surface area contributed by atoms with Gasteiger partial charge in [-0.05, 0) is 36.5 Å². The van der Waals surface area contributed by atoms with Crippen molar-refractivity contribution >= 4 is 5.91 Å². The quantitative estimate of drug-likeness (QED) is 0.724. The van der Waals surface area contributed by atoms with Crippen LogP contribution in [0.2, 0.25) is 0 Å². The second kappa shape index (κ2) is 5.53. The van der Waals surface area contributed by atoms with Crippen molar-refractivity contribution < 1.29 is 4.79 Å². The summed E-state index contributed by atoms with van der Waals surface area (Å²) >= 11 is 0. The number of carbonyl (C=O) groups excluding carboxylic acids is 1. The molecule has 0 saturated heterocycles. The Morgan fingerprint density at radius 2 is 2.17 bits per heavy atom. The van der Waals surface area contributed by atoms with Gasteiger partial charge >= 0.3 is 0 Å². The number of nitrogens with two attached hydrogens (primary N) is 1. The molecular formula is C15H22N2O. The predicted octanol–water partition coefficient (Wildman–Crippen LogP) is 1.63. The molecule has 0 aromatic rings. The van der Waals surface area contributed by atoms with Gasteiger partial charge in [0.25, 0.3) is 0 Å². The molecule has 2 aliphatic carbocycles. The zero-order valence-electron chi connectivity index (χ0n) is 10.8. The number of rotatable bonds is 5. The highest BCUT2D eigenvalue weighted by Crippen LogP contribution is 2.50. The summed E-state index contributed by atoms with van der Waals surface area (Å²) in [4.78, 5) is 11.9. The second-order valence-corrected chi connectivity index (χ2v) is 5.22. The molecule has 0 aromatic carbocycles. The molecule has 1 fully saturated rings. The Balaban J connectivity index is 2.08. The van der Waals surface area contributed by atoms with Crippen molar-refractivity contribution in [2.75, 3.05) is 13.1 Å². The first-order valence-corrected chi connectivity index (χ1v) is 6.65. The van der Waals surface area contributed by atoms with E-state index in [9.17, 15) is 4.79 Å². The number of carbonyl (C=O) groups is 1. The number of fused-ring (bicyclic) bond motifs is 1. The molecule has 2 aliphatic rings. The van der Waals surface area contributed by atoms with E-state index in [0.717, 1.165) is 18.4 Å². The van der Waals surface area contributed by atoms with E-state index >= 15 is 0 Å². The van der Waals surface area contributed by atoms with Crippen LogP contribution in [0.5, 0.6) is 0 Å². The molecule has 4 unspecified atom stereocenters. The molecule has 1 saturated carbocycles. The highest BCUT2D eigenvalue weighted by Gasteiger charge is 2.43. The maximum atomic E-state index is 11.9. The highest BCUT2D eigenvalue weighted by molar-refractivity contribution is 5.94. The van der Waals surface area contributed by atoms with Gasteiger partial charge in [0.05, 0.1) is 0 Å². The number of hydrogen-bond acceptors (Lipinski definition) is 2. The third-order valence-electron chi connectivity index (χ3n) is 4.26. The largest absolute Gasteiger partial charge is 0.351 e. The van der Waals surface area contributed by atoms with E-state index < -0.39 is 0 Å². The summed E-state index contributed by atoms with van der Waals surface area (Å²) in [6.07, 6.45) is 8.19. The van der Waals surface area contributed by atoms with Crippen LogP contribution in [0.25, 0.3) is 0 Å². The molecule has 3 nitrogen and oxygen atoms in total. The molecule has 4 atom stereocenters. The van der Waals surface area contributed by atoms with Crippen molar-refractivity contribution in [1.29, 1.82) is 0 Å². The average Bonchev–Trinajstić information content (AvgIpc) is 2.94. The van der Waals surface area contributed by atoms with E-state index in [2.05, 4.69) is 24.6 Å². The first-order chi connectivity index (χ1) is 8.71. The number of amides is 1. The summed E-state index contributed by atoms with van der Waals surface area (Å²) in [6.45, 7) is 8.85. The van der Waals surface area contributed by atoms with Crippen molar-refractivity contribution in [2.45, 2.75) is 12.8 Å². The first-order valence-electron chi connectivity index (χ1n) is 6.65. The SMILES string of the molecule is C=CC1CC(C=C)C2CC(C(=O)NCCN)=CC12. The summed E-state index contributed by atoms with van der Waals surface area (Å²) < 4.78 is 0. The maximum absolute atomic E-state index is 11.9. The smallest absolute Gasteiger partial charge is 0.246 e. The Bertz CT molecular complexity index is 386. The molecular weight excluding hydrogens is 224 g/mol.